The summed E-state index contributed by atoms with van der Waals surface area (Å²) in [6.45, 7) is 2.33. The summed E-state index contributed by atoms with van der Waals surface area (Å²) in [5.41, 5.74) is 0.942. The monoisotopic (exact) mass is 363 g/mol. The molecule has 0 heterocycles. The van der Waals surface area contributed by atoms with E-state index < -0.39 is 0 Å². The molecular weight excluding hydrogens is 326 g/mol. The average Bonchev–Trinajstić information content (AvgIpc) is 2.67. The van der Waals surface area contributed by atoms with Crippen molar-refractivity contribution >= 4 is 5.69 Å². The van der Waals surface area contributed by atoms with Crippen LogP contribution in [0, 0.1) is 4.91 Å². The number of unbranched alkanes of at least 4 members (excludes halogenated alkanes) is 8. The normalized spacial score (nSPS) is 11.7. The zero-order valence-corrected chi connectivity index (χ0v) is 16.5. The Labute approximate surface area is 159 Å². The number of aliphatic hydroxyl groups is 2. The fraction of sp³-hybridized carbons (Fsp3) is 0.727. The first-order valence-electron chi connectivity index (χ1n) is 10.4. The highest BCUT2D eigenvalue weighted by Crippen LogP contribution is 2.41. The molecule has 0 radical (unpaired) electrons. The van der Waals surface area contributed by atoms with Crippen molar-refractivity contribution in [2.24, 2.45) is 5.18 Å². The molecule has 0 saturated heterocycles. The topological polar surface area (TPSA) is 69.9 Å². The second-order valence-electron chi connectivity index (χ2n) is 7.41. The van der Waals surface area contributed by atoms with Gasteiger partial charge in [0.05, 0.1) is 0 Å². The van der Waals surface area contributed by atoms with Gasteiger partial charge in [-0.2, -0.15) is 0 Å². The van der Waals surface area contributed by atoms with Gasteiger partial charge >= 0.3 is 0 Å². The van der Waals surface area contributed by atoms with Crippen LogP contribution in [-0.4, -0.2) is 23.4 Å². The van der Waals surface area contributed by atoms with Gasteiger partial charge in [-0.25, -0.2) is 0 Å². The highest BCUT2D eigenvalue weighted by molar-refractivity contribution is 5.50. The molecule has 1 aromatic rings. The van der Waals surface area contributed by atoms with Crippen molar-refractivity contribution < 1.29 is 10.2 Å². The molecule has 0 fully saturated rings. The first-order valence-corrected chi connectivity index (χ1v) is 10.4. The van der Waals surface area contributed by atoms with Crippen molar-refractivity contribution in [1.29, 1.82) is 0 Å². The van der Waals surface area contributed by atoms with Gasteiger partial charge in [0, 0.05) is 18.6 Å². The zero-order valence-electron chi connectivity index (χ0n) is 16.5. The van der Waals surface area contributed by atoms with Crippen molar-refractivity contribution in [1.82, 2.24) is 0 Å². The maximum absolute atomic E-state index is 11.2. The van der Waals surface area contributed by atoms with Gasteiger partial charge in [-0.05, 0) is 36.1 Å². The fourth-order valence-corrected chi connectivity index (χ4v) is 3.98. The van der Waals surface area contributed by atoms with E-state index in [2.05, 4.69) is 12.1 Å². The maximum Gasteiger partial charge on any atom is 0.111 e. The smallest absolute Gasteiger partial charge is 0.111 e. The Morgan fingerprint density at radius 3 is 1.88 bits per heavy atom. The summed E-state index contributed by atoms with van der Waals surface area (Å²) in [5.74, 6) is 0. The van der Waals surface area contributed by atoms with E-state index in [9.17, 15) is 15.1 Å². The van der Waals surface area contributed by atoms with Gasteiger partial charge in [-0.15, -0.1) is 4.91 Å². The van der Waals surface area contributed by atoms with Crippen LogP contribution in [0.1, 0.15) is 89.5 Å². The van der Waals surface area contributed by atoms with Crippen LogP contribution in [0.5, 0.6) is 0 Å². The highest BCUT2D eigenvalue weighted by atomic mass is 16.3. The maximum atomic E-state index is 11.2. The fourth-order valence-electron chi connectivity index (χ4n) is 3.98. The standard InChI is InChI=1S/C22H37NO3/c1-2-3-4-5-6-7-8-9-12-15-22(16-18-24,17-19-25)20-13-10-11-14-21(20)23-26/h10-11,13-14,24-25H,2-9,12,15-19H2,1H3. The Balaban J connectivity index is 2.60. The van der Waals surface area contributed by atoms with Crippen LogP contribution in [0.15, 0.2) is 29.4 Å². The molecule has 26 heavy (non-hydrogen) atoms. The number of hydrogen-bond donors (Lipinski definition) is 2. The quantitative estimate of drug-likeness (QED) is 0.279. The van der Waals surface area contributed by atoms with Crippen LogP contribution in [0.2, 0.25) is 0 Å². The molecule has 148 valence electrons. The number of nitroso groups, excluding NO2 is 1. The lowest BCUT2D eigenvalue weighted by molar-refractivity contribution is 0.180. The molecule has 0 atom stereocenters. The second kappa shape index (κ2) is 13.9. The summed E-state index contributed by atoms with van der Waals surface area (Å²) in [6.07, 6.45) is 13.3. The molecular formula is C22H37NO3. The molecule has 0 aliphatic carbocycles. The summed E-state index contributed by atoms with van der Waals surface area (Å²) in [5, 5.41) is 22.4. The molecule has 1 rings (SSSR count). The van der Waals surface area contributed by atoms with Crippen molar-refractivity contribution in [3.8, 4) is 0 Å². The van der Waals surface area contributed by atoms with Gasteiger partial charge in [0.25, 0.3) is 0 Å². The summed E-state index contributed by atoms with van der Waals surface area (Å²) in [7, 11) is 0. The van der Waals surface area contributed by atoms with E-state index >= 15 is 0 Å². The first-order chi connectivity index (χ1) is 12.7. The Kier molecular flexibility index (Phi) is 12.2. The predicted molar refractivity (Wildman–Crippen MR) is 109 cm³/mol. The summed E-state index contributed by atoms with van der Waals surface area (Å²) < 4.78 is 0. The molecule has 0 aromatic heterocycles. The molecule has 0 unspecified atom stereocenters. The van der Waals surface area contributed by atoms with E-state index in [1.165, 1.54) is 44.9 Å². The van der Waals surface area contributed by atoms with Crippen LogP contribution >= 0.6 is 0 Å². The average molecular weight is 364 g/mol. The van der Waals surface area contributed by atoms with Gasteiger partial charge in [0.2, 0.25) is 0 Å². The molecule has 0 aliphatic heterocycles. The molecule has 0 amide bonds. The van der Waals surface area contributed by atoms with Gasteiger partial charge in [0.15, 0.2) is 0 Å². The van der Waals surface area contributed by atoms with Crippen LogP contribution in [-0.2, 0) is 5.41 Å². The zero-order chi connectivity index (χ0) is 19.1. The van der Waals surface area contributed by atoms with Crippen molar-refractivity contribution in [2.75, 3.05) is 13.2 Å². The van der Waals surface area contributed by atoms with Crippen LogP contribution < -0.4 is 0 Å². The molecule has 4 nitrogen and oxygen atoms in total. The number of aliphatic hydroxyl groups excluding tert-OH is 2. The Morgan fingerprint density at radius 2 is 1.35 bits per heavy atom. The second-order valence-corrected chi connectivity index (χ2v) is 7.41. The third-order valence-electron chi connectivity index (χ3n) is 5.51. The van der Waals surface area contributed by atoms with Gasteiger partial charge in [-0.1, -0.05) is 82.9 Å². The van der Waals surface area contributed by atoms with E-state index in [0.29, 0.717) is 18.5 Å². The molecule has 0 aliphatic rings. The minimum atomic E-state index is -0.366. The first kappa shape index (κ1) is 22.8. The van der Waals surface area contributed by atoms with Crippen molar-refractivity contribution in [2.45, 2.75) is 89.4 Å². The predicted octanol–water partition coefficient (Wildman–Crippen LogP) is 6.01. The largest absolute Gasteiger partial charge is 0.396 e. The molecule has 4 heteroatoms. The lowest BCUT2D eigenvalue weighted by atomic mass is 9.71. The van der Waals surface area contributed by atoms with E-state index in [4.69, 9.17) is 0 Å². The summed E-state index contributed by atoms with van der Waals surface area (Å²) in [4.78, 5) is 11.2. The van der Waals surface area contributed by atoms with Crippen LogP contribution in [0.4, 0.5) is 5.69 Å². The highest BCUT2D eigenvalue weighted by Gasteiger charge is 2.33. The molecule has 0 saturated carbocycles. The molecule has 2 N–H and O–H groups in total. The van der Waals surface area contributed by atoms with E-state index in [1.807, 2.05) is 12.1 Å². The molecule has 0 spiro atoms. The SMILES string of the molecule is CCCCCCCCCCCC(CCO)(CCO)c1ccccc1N=O. The third-order valence-corrected chi connectivity index (χ3v) is 5.51. The Morgan fingerprint density at radius 1 is 0.808 bits per heavy atom. The Hall–Kier alpha value is -1.26. The summed E-state index contributed by atoms with van der Waals surface area (Å²) >= 11 is 0. The van der Waals surface area contributed by atoms with E-state index in [0.717, 1.165) is 24.8 Å². The number of nitrogens with zero attached hydrogens (tertiary/aromatic N) is 1. The van der Waals surface area contributed by atoms with Gasteiger partial charge in [-0.3, -0.25) is 0 Å². The Bertz CT molecular complexity index is 484. The molecule has 1 aromatic carbocycles. The van der Waals surface area contributed by atoms with Gasteiger partial charge in [0.1, 0.15) is 5.69 Å². The third kappa shape index (κ3) is 7.55. The minimum Gasteiger partial charge on any atom is -0.396 e. The summed E-state index contributed by atoms with van der Waals surface area (Å²) in [6, 6.07) is 7.36. The van der Waals surface area contributed by atoms with Crippen LogP contribution in [0.25, 0.3) is 0 Å². The van der Waals surface area contributed by atoms with E-state index in [-0.39, 0.29) is 18.6 Å². The lowest BCUT2D eigenvalue weighted by Gasteiger charge is -2.34. The van der Waals surface area contributed by atoms with Crippen molar-refractivity contribution in [3.05, 3.63) is 34.7 Å². The minimum absolute atomic E-state index is 0.0463. The van der Waals surface area contributed by atoms with Crippen molar-refractivity contribution in [3.63, 3.8) is 0 Å². The number of hydrogen-bond acceptors (Lipinski definition) is 4. The van der Waals surface area contributed by atoms with E-state index in [1.54, 1.807) is 12.1 Å². The molecule has 0 bridgehead atoms. The lowest BCUT2D eigenvalue weighted by Crippen LogP contribution is -2.29. The number of benzene rings is 1. The number of rotatable bonds is 16. The van der Waals surface area contributed by atoms with Gasteiger partial charge < -0.3 is 10.2 Å². The van der Waals surface area contributed by atoms with Crippen LogP contribution in [0.3, 0.4) is 0 Å².